The molecule has 2 N–H and O–H groups in total. The Labute approximate surface area is 168 Å². The quantitative estimate of drug-likeness (QED) is 0.479. The highest BCUT2D eigenvalue weighted by Gasteiger charge is 2.27. The Bertz CT molecular complexity index is 765. The summed E-state index contributed by atoms with van der Waals surface area (Å²) in [5.41, 5.74) is 1.06. The van der Waals surface area contributed by atoms with Crippen molar-refractivity contribution in [2.45, 2.75) is 40.2 Å². The molecule has 0 bridgehead atoms. The summed E-state index contributed by atoms with van der Waals surface area (Å²) in [6.45, 7) is 10.3. The molecule has 2 rings (SSSR count). The minimum Gasteiger partial charge on any atom is -0.490 e. The van der Waals surface area contributed by atoms with Gasteiger partial charge in [-0.1, -0.05) is 6.07 Å². The number of rotatable bonds is 9. The Morgan fingerprint density at radius 3 is 2.54 bits per heavy atom. The third kappa shape index (κ3) is 6.58. The zero-order valence-electron chi connectivity index (χ0n) is 17.3. The van der Waals surface area contributed by atoms with Crippen molar-refractivity contribution in [2.24, 2.45) is 10.9 Å². The van der Waals surface area contributed by atoms with E-state index in [0.717, 1.165) is 23.6 Å². The zero-order chi connectivity index (χ0) is 20.6. The molecular formula is C20H33N3O4S. The first kappa shape index (κ1) is 22.3. The summed E-state index contributed by atoms with van der Waals surface area (Å²) in [5.74, 6) is 2.77. The van der Waals surface area contributed by atoms with Crippen LogP contribution in [0.3, 0.4) is 0 Å². The molecule has 0 saturated carbocycles. The number of hydrogen-bond acceptors (Lipinski definition) is 5. The van der Waals surface area contributed by atoms with Gasteiger partial charge in [0.15, 0.2) is 27.3 Å². The monoisotopic (exact) mass is 411 g/mol. The fourth-order valence-corrected chi connectivity index (χ4v) is 5.03. The van der Waals surface area contributed by atoms with Gasteiger partial charge in [-0.2, -0.15) is 0 Å². The maximum atomic E-state index is 11.6. The van der Waals surface area contributed by atoms with Crippen LogP contribution in [0.25, 0.3) is 0 Å². The van der Waals surface area contributed by atoms with Crippen LogP contribution in [-0.2, 0) is 9.84 Å². The molecule has 0 radical (unpaired) electrons. The van der Waals surface area contributed by atoms with Gasteiger partial charge in [0.25, 0.3) is 0 Å². The molecule has 1 aromatic rings. The van der Waals surface area contributed by atoms with Gasteiger partial charge in [-0.05, 0) is 57.7 Å². The average Bonchev–Trinajstić information content (AvgIpc) is 3.00. The first-order chi connectivity index (χ1) is 13.4. The zero-order valence-corrected chi connectivity index (χ0v) is 18.1. The number of aliphatic imine (C=N–C) groups is 1. The van der Waals surface area contributed by atoms with Gasteiger partial charge >= 0.3 is 0 Å². The van der Waals surface area contributed by atoms with Gasteiger partial charge in [-0.15, -0.1) is 0 Å². The molecule has 1 heterocycles. The Morgan fingerprint density at radius 1 is 1.21 bits per heavy atom. The Balaban J connectivity index is 2.07. The largest absolute Gasteiger partial charge is 0.490 e. The van der Waals surface area contributed by atoms with E-state index in [9.17, 15) is 8.42 Å². The van der Waals surface area contributed by atoms with E-state index in [1.54, 1.807) is 0 Å². The summed E-state index contributed by atoms with van der Waals surface area (Å²) in [7, 11) is -2.88. The van der Waals surface area contributed by atoms with Crippen molar-refractivity contribution in [2.75, 3.05) is 37.8 Å². The number of benzene rings is 1. The highest BCUT2D eigenvalue weighted by Crippen LogP contribution is 2.30. The van der Waals surface area contributed by atoms with E-state index in [2.05, 4.69) is 22.5 Å². The van der Waals surface area contributed by atoms with Crippen LogP contribution in [0.15, 0.2) is 23.2 Å². The minimum absolute atomic E-state index is 0.00000615. The second kappa shape index (κ2) is 10.5. The molecule has 0 amide bonds. The van der Waals surface area contributed by atoms with Crippen molar-refractivity contribution < 1.29 is 17.9 Å². The molecule has 1 aliphatic rings. The minimum atomic E-state index is -2.88. The van der Waals surface area contributed by atoms with Crippen LogP contribution in [0.2, 0.25) is 0 Å². The van der Waals surface area contributed by atoms with E-state index in [-0.39, 0.29) is 23.5 Å². The number of nitrogens with one attached hydrogen (secondary N) is 2. The lowest BCUT2D eigenvalue weighted by atomic mass is 10.1. The molecule has 1 fully saturated rings. The van der Waals surface area contributed by atoms with E-state index in [4.69, 9.17) is 9.47 Å². The van der Waals surface area contributed by atoms with Gasteiger partial charge < -0.3 is 20.1 Å². The molecular weight excluding hydrogens is 378 g/mol. The van der Waals surface area contributed by atoms with E-state index < -0.39 is 9.84 Å². The van der Waals surface area contributed by atoms with Crippen LogP contribution in [0, 0.1) is 5.92 Å². The fourth-order valence-electron chi connectivity index (χ4n) is 3.18. The first-order valence-electron chi connectivity index (χ1n) is 10.0. The maximum Gasteiger partial charge on any atom is 0.191 e. The van der Waals surface area contributed by atoms with Gasteiger partial charge in [-0.25, -0.2) is 8.42 Å². The van der Waals surface area contributed by atoms with E-state index >= 15 is 0 Å². The van der Waals surface area contributed by atoms with E-state index in [0.29, 0.717) is 32.1 Å². The van der Waals surface area contributed by atoms with Gasteiger partial charge in [0, 0.05) is 13.1 Å². The normalized spacial score (nSPS) is 19.9. The van der Waals surface area contributed by atoms with Gasteiger partial charge in [-0.3, -0.25) is 4.99 Å². The predicted molar refractivity (Wildman–Crippen MR) is 113 cm³/mol. The highest BCUT2D eigenvalue weighted by atomic mass is 32.2. The van der Waals surface area contributed by atoms with Crippen LogP contribution in [0.4, 0.5) is 0 Å². The molecule has 2 unspecified atom stereocenters. The number of nitrogens with zero attached hydrogens (tertiary/aromatic N) is 1. The van der Waals surface area contributed by atoms with Crippen LogP contribution >= 0.6 is 0 Å². The summed E-state index contributed by atoms with van der Waals surface area (Å²) in [5, 5.41) is 6.63. The standard InChI is InChI=1S/C20H33N3O4S/c1-5-21-20(22-13-16-10-11-28(24,25)14-16)23-15(4)17-8-9-18(26-6-2)19(12-17)27-7-3/h8-9,12,15-16H,5-7,10-11,13-14H2,1-4H3,(H2,21,22,23). The van der Waals surface area contributed by atoms with Crippen molar-refractivity contribution in [3.05, 3.63) is 23.8 Å². The molecule has 7 nitrogen and oxygen atoms in total. The van der Waals surface area contributed by atoms with Crippen LogP contribution in [-0.4, -0.2) is 52.2 Å². The van der Waals surface area contributed by atoms with Gasteiger partial charge in [0.05, 0.1) is 30.8 Å². The second-order valence-electron chi connectivity index (χ2n) is 6.93. The molecule has 158 valence electrons. The number of ether oxygens (including phenoxy) is 2. The molecule has 1 aromatic carbocycles. The number of hydrogen-bond donors (Lipinski definition) is 2. The Kier molecular flexibility index (Phi) is 8.41. The number of guanidine groups is 1. The summed E-state index contributed by atoms with van der Waals surface area (Å²) in [6, 6.07) is 5.92. The lowest BCUT2D eigenvalue weighted by Crippen LogP contribution is -2.39. The topological polar surface area (TPSA) is 89.0 Å². The third-order valence-electron chi connectivity index (χ3n) is 4.60. The van der Waals surface area contributed by atoms with Crippen LogP contribution in [0.5, 0.6) is 11.5 Å². The van der Waals surface area contributed by atoms with Crippen molar-refractivity contribution in [3.8, 4) is 11.5 Å². The SMILES string of the molecule is CCNC(=NCC1CCS(=O)(=O)C1)NC(C)c1ccc(OCC)c(OCC)c1. The summed E-state index contributed by atoms with van der Waals surface area (Å²) >= 11 is 0. The smallest absolute Gasteiger partial charge is 0.191 e. The maximum absolute atomic E-state index is 11.6. The predicted octanol–water partition coefficient (Wildman–Crippen LogP) is 2.53. The molecule has 0 spiro atoms. The highest BCUT2D eigenvalue weighted by molar-refractivity contribution is 7.91. The summed E-state index contributed by atoms with van der Waals surface area (Å²) in [6.07, 6.45) is 0.692. The van der Waals surface area contributed by atoms with Crippen LogP contribution in [0.1, 0.15) is 45.7 Å². The average molecular weight is 412 g/mol. The third-order valence-corrected chi connectivity index (χ3v) is 6.44. The molecule has 1 aliphatic heterocycles. The van der Waals surface area contributed by atoms with Crippen molar-refractivity contribution >= 4 is 15.8 Å². The van der Waals surface area contributed by atoms with Crippen molar-refractivity contribution in [3.63, 3.8) is 0 Å². The fraction of sp³-hybridized carbons (Fsp3) is 0.650. The molecule has 2 atom stereocenters. The lowest BCUT2D eigenvalue weighted by molar-refractivity contribution is 0.287. The van der Waals surface area contributed by atoms with E-state index in [1.807, 2.05) is 39.0 Å². The molecule has 8 heteroatoms. The molecule has 28 heavy (non-hydrogen) atoms. The summed E-state index contributed by atoms with van der Waals surface area (Å²) < 4.78 is 34.6. The second-order valence-corrected chi connectivity index (χ2v) is 9.16. The molecule has 1 saturated heterocycles. The Hall–Kier alpha value is -1.96. The number of sulfone groups is 1. The van der Waals surface area contributed by atoms with Crippen molar-refractivity contribution in [1.82, 2.24) is 10.6 Å². The van der Waals surface area contributed by atoms with Gasteiger partial charge in [0.1, 0.15) is 0 Å². The summed E-state index contributed by atoms with van der Waals surface area (Å²) in [4.78, 5) is 4.61. The van der Waals surface area contributed by atoms with E-state index in [1.165, 1.54) is 0 Å². The Morgan fingerprint density at radius 2 is 1.93 bits per heavy atom. The first-order valence-corrected chi connectivity index (χ1v) is 11.8. The molecule has 0 aromatic heterocycles. The lowest BCUT2D eigenvalue weighted by Gasteiger charge is -2.20. The molecule has 0 aliphatic carbocycles. The van der Waals surface area contributed by atoms with Gasteiger partial charge in [0.2, 0.25) is 0 Å². The van der Waals surface area contributed by atoms with Crippen molar-refractivity contribution in [1.29, 1.82) is 0 Å². The van der Waals surface area contributed by atoms with Crippen LogP contribution < -0.4 is 20.1 Å².